The number of nitro benzene ring substituents is 1. The maximum Gasteiger partial charge on any atom is 0.311 e. The fourth-order valence-electron chi connectivity index (χ4n) is 2.62. The SMILES string of the molecule is COc1ccc(CN2CCC(CN)CC2)cc1[N+](=O)[O-].Cl. The molecule has 1 saturated heterocycles. The highest BCUT2D eigenvalue weighted by molar-refractivity contribution is 5.85. The minimum atomic E-state index is -0.400. The van der Waals surface area contributed by atoms with Crippen LogP contribution in [0, 0.1) is 16.0 Å². The van der Waals surface area contributed by atoms with Gasteiger partial charge in [-0.25, -0.2) is 0 Å². The van der Waals surface area contributed by atoms with Gasteiger partial charge in [0.1, 0.15) is 0 Å². The highest BCUT2D eigenvalue weighted by atomic mass is 35.5. The summed E-state index contributed by atoms with van der Waals surface area (Å²) in [5.74, 6) is 0.928. The minimum Gasteiger partial charge on any atom is -0.490 e. The van der Waals surface area contributed by atoms with E-state index in [0.29, 0.717) is 11.7 Å². The van der Waals surface area contributed by atoms with Crippen molar-refractivity contribution in [2.24, 2.45) is 11.7 Å². The van der Waals surface area contributed by atoms with Crippen molar-refractivity contribution in [1.29, 1.82) is 0 Å². The molecule has 6 nitrogen and oxygen atoms in total. The van der Waals surface area contributed by atoms with Gasteiger partial charge in [-0.2, -0.15) is 0 Å². The van der Waals surface area contributed by atoms with Crippen LogP contribution in [0.2, 0.25) is 0 Å². The van der Waals surface area contributed by atoms with Crippen molar-refractivity contribution in [3.8, 4) is 5.75 Å². The average Bonchev–Trinajstić information content (AvgIpc) is 2.48. The van der Waals surface area contributed by atoms with Crippen LogP contribution < -0.4 is 10.5 Å². The lowest BCUT2D eigenvalue weighted by Crippen LogP contribution is -2.35. The molecule has 0 saturated carbocycles. The van der Waals surface area contributed by atoms with Crippen LogP contribution in [-0.2, 0) is 6.54 Å². The van der Waals surface area contributed by atoms with E-state index in [9.17, 15) is 10.1 Å². The van der Waals surface area contributed by atoms with Crippen LogP contribution in [0.3, 0.4) is 0 Å². The molecule has 21 heavy (non-hydrogen) atoms. The van der Waals surface area contributed by atoms with Crippen LogP contribution in [0.5, 0.6) is 5.75 Å². The molecule has 2 rings (SSSR count). The summed E-state index contributed by atoms with van der Waals surface area (Å²) in [6.45, 7) is 3.49. The van der Waals surface area contributed by atoms with E-state index in [4.69, 9.17) is 10.5 Å². The highest BCUT2D eigenvalue weighted by Crippen LogP contribution is 2.28. The Labute approximate surface area is 130 Å². The molecule has 0 spiro atoms. The van der Waals surface area contributed by atoms with Gasteiger partial charge in [0, 0.05) is 12.6 Å². The molecule has 1 aromatic rings. The van der Waals surface area contributed by atoms with Gasteiger partial charge in [0.2, 0.25) is 0 Å². The quantitative estimate of drug-likeness (QED) is 0.665. The number of halogens is 1. The molecule has 7 heteroatoms. The van der Waals surface area contributed by atoms with Crippen LogP contribution in [0.15, 0.2) is 18.2 Å². The van der Waals surface area contributed by atoms with E-state index < -0.39 is 4.92 Å². The van der Waals surface area contributed by atoms with Crippen LogP contribution in [0.1, 0.15) is 18.4 Å². The van der Waals surface area contributed by atoms with Gasteiger partial charge in [-0.1, -0.05) is 6.07 Å². The summed E-state index contributed by atoms with van der Waals surface area (Å²) in [4.78, 5) is 12.9. The van der Waals surface area contributed by atoms with Crippen molar-refractivity contribution in [3.05, 3.63) is 33.9 Å². The number of methoxy groups -OCH3 is 1. The summed E-state index contributed by atoms with van der Waals surface area (Å²) in [6.07, 6.45) is 2.21. The Balaban J connectivity index is 0.00000220. The Morgan fingerprint density at radius 1 is 1.43 bits per heavy atom. The van der Waals surface area contributed by atoms with Crippen LogP contribution in [0.4, 0.5) is 5.69 Å². The normalized spacial score (nSPS) is 16.3. The first-order chi connectivity index (χ1) is 9.63. The number of nitrogens with two attached hydrogens (primary N) is 1. The maximum atomic E-state index is 11.0. The van der Waals surface area contributed by atoms with Crippen LogP contribution in [0.25, 0.3) is 0 Å². The Kier molecular flexibility index (Phi) is 6.87. The van der Waals surface area contributed by atoms with Gasteiger partial charge in [0.05, 0.1) is 12.0 Å². The van der Waals surface area contributed by atoms with Crippen molar-refractivity contribution >= 4 is 18.1 Å². The van der Waals surface area contributed by atoms with Crippen molar-refractivity contribution in [2.45, 2.75) is 19.4 Å². The van der Waals surface area contributed by atoms with Crippen molar-refractivity contribution in [3.63, 3.8) is 0 Å². The summed E-state index contributed by atoms with van der Waals surface area (Å²) in [5, 5.41) is 11.0. The number of ether oxygens (including phenoxy) is 1. The Bertz CT molecular complexity index is 477. The monoisotopic (exact) mass is 315 g/mol. The second-order valence-corrected chi connectivity index (χ2v) is 5.22. The Hall–Kier alpha value is -1.37. The molecule has 1 heterocycles. The number of nitrogens with zero attached hydrogens (tertiary/aromatic N) is 2. The Morgan fingerprint density at radius 3 is 2.62 bits per heavy atom. The number of likely N-dealkylation sites (tertiary alicyclic amines) is 1. The standard InChI is InChI=1S/C14H21N3O3.ClH/c1-20-14-3-2-12(8-13(14)17(18)19)10-16-6-4-11(9-15)5-7-16;/h2-3,8,11H,4-7,9-10,15H2,1H3;1H. The smallest absolute Gasteiger partial charge is 0.311 e. The zero-order valence-corrected chi connectivity index (χ0v) is 13.0. The molecule has 1 aliphatic rings. The van der Waals surface area contributed by atoms with E-state index in [-0.39, 0.29) is 18.1 Å². The van der Waals surface area contributed by atoms with E-state index in [2.05, 4.69) is 4.90 Å². The highest BCUT2D eigenvalue weighted by Gasteiger charge is 2.20. The summed E-state index contributed by atoms with van der Waals surface area (Å²) >= 11 is 0. The van der Waals surface area contributed by atoms with Gasteiger partial charge in [-0.15, -0.1) is 12.4 Å². The van der Waals surface area contributed by atoms with E-state index >= 15 is 0 Å². The van der Waals surface area contributed by atoms with E-state index in [0.717, 1.165) is 44.6 Å². The number of rotatable bonds is 5. The minimum absolute atomic E-state index is 0. The lowest BCUT2D eigenvalue weighted by Gasteiger charge is -2.31. The van der Waals surface area contributed by atoms with Gasteiger partial charge < -0.3 is 10.5 Å². The number of piperidine rings is 1. The summed E-state index contributed by atoms with van der Waals surface area (Å²) in [5.41, 5.74) is 6.66. The van der Waals surface area contributed by atoms with Crippen molar-refractivity contribution < 1.29 is 9.66 Å². The van der Waals surface area contributed by atoms with E-state index in [1.165, 1.54) is 7.11 Å². The molecule has 0 aliphatic carbocycles. The topological polar surface area (TPSA) is 81.6 Å². The van der Waals surface area contributed by atoms with Gasteiger partial charge in [0.25, 0.3) is 0 Å². The predicted molar refractivity (Wildman–Crippen MR) is 84.0 cm³/mol. The van der Waals surface area contributed by atoms with Gasteiger partial charge in [-0.3, -0.25) is 15.0 Å². The summed E-state index contributed by atoms with van der Waals surface area (Å²) in [7, 11) is 1.44. The number of benzene rings is 1. The summed E-state index contributed by atoms with van der Waals surface area (Å²) < 4.78 is 5.01. The number of nitro groups is 1. The second kappa shape index (κ2) is 8.17. The number of hydrogen-bond donors (Lipinski definition) is 1. The average molecular weight is 316 g/mol. The Morgan fingerprint density at radius 2 is 2.10 bits per heavy atom. The van der Waals surface area contributed by atoms with Crippen molar-refractivity contribution in [2.75, 3.05) is 26.7 Å². The molecule has 118 valence electrons. The second-order valence-electron chi connectivity index (χ2n) is 5.22. The van der Waals surface area contributed by atoms with Gasteiger partial charge in [0.15, 0.2) is 5.75 Å². The van der Waals surface area contributed by atoms with E-state index in [1.807, 2.05) is 6.07 Å². The molecule has 1 aromatic carbocycles. The molecular weight excluding hydrogens is 294 g/mol. The first-order valence-electron chi connectivity index (χ1n) is 6.87. The van der Waals surface area contributed by atoms with Gasteiger partial charge >= 0.3 is 5.69 Å². The predicted octanol–water partition coefficient (Wildman–Crippen LogP) is 2.20. The third-order valence-electron chi connectivity index (χ3n) is 3.89. The lowest BCUT2D eigenvalue weighted by molar-refractivity contribution is -0.385. The van der Waals surface area contributed by atoms with Crippen LogP contribution >= 0.6 is 12.4 Å². The van der Waals surface area contributed by atoms with Crippen LogP contribution in [-0.4, -0.2) is 36.6 Å². The molecule has 0 aromatic heterocycles. The molecule has 0 radical (unpaired) electrons. The molecular formula is C14H22ClN3O3. The fraction of sp³-hybridized carbons (Fsp3) is 0.571. The first-order valence-corrected chi connectivity index (χ1v) is 6.87. The largest absolute Gasteiger partial charge is 0.490 e. The maximum absolute atomic E-state index is 11.0. The molecule has 1 aliphatic heterocycles. The molecule has 0 amide bonds. The summed E-state index contributed by atoms with van der Waals surface area (Å²) in [6, 6.07) is 5.16. The molecule has 0 unspecified atom stereocenters. The zero-order valence-electron chi connectivity index (χ0n) is 12.2. The third kappa shape index (κ3) is 4.56. The molecule has 1 fully saturated rings. The molecule has 2 N–H and O–H groups in total. The molecule has 0 atom stereocenters. The fourth-order valence-corrected chi connectivity index (χ4v) is 2.62. The lowest BCUT2D eigenvalue weighted by atomic mass is 9.97. The number of hydrogen-bond acceptors (Lipinski definition) is 5. The van der Waals surface area contributed by atoms with Crippen molar-refractivity contribution in [1.82, 2.24) is 4.90 Å². The van der Waals surface area contributed by atoms with E-state index in [1.54, 1.807) is 12.1 Å². The first kappa shape index (κ1) is 17.7. The molecule has 0 bridgehead atoms. The zero-order chi connectivity index (χ0) is 14.5. The third-order valence-corrected chi connectivity index (χ3v) is 3.89. The van der Waals surface area contributed by atoms with Gasteiger partial charge in [-0.05, 0) is 50.0 Å².